The highest BCUT2D eigenvalue weighted by atomic mass is 16.5. The molecule has 2 aliphatic rings. The molecule has 0 atom stereocenters. The van der Waals surface area contributed by atoms with Gasteiger partial charge in [-0.1, -0.05) is 47.6 Å². The maximum Gasteiger partial charge on any atom is 0.373 e. The van der Waals surface area contributed by atoms with E-state index in [9.17, 15) is 14.4 Å². The summed E-state index contributed by atoms with van der Waals surface area (Å²) in [4.78, 5) is 61.7. The number of aryl methyl sites for hydroxylation is 2. The molecule has 0 radical (unpaired) electrons. The molecular weight excluding hydrogens is 602 g/mol. The van der Waals surface area contributed by atoms with E-state index < -0.39 is 0 Å². The molecule has 0 fully saturated rings. The Morgan fingerprint density at radius 1 is 0.766 bits per heavy atom. The monoisotopic (exact) mass is 631 g/mol. The van der Waals surface area contributed by atoms with Gasteiger partial charge in [-0.2, -0.15) is 9.59 Å². The predicted octanol–water partition coefficient (Wildman–Crippen LogP) is 3.84. The average molecular weight is 632 g/mol. The fourth-order valence-corrected chi connectivity index (χ4v) is 5.61. The maximum atomic E-state index is 12.8. The normalized spacial score (nSPS) is 13.7. The number of amides is 2. The van der Waals surface area contributed by atoms with E-state index in [1.165, 1.54) is 0 Å². The molecule has 5 heterocycles. The highest BCUT2D eigenvalue weighted by Gasteiger charge is 2.22. The largest absolute Gasteiger partial charge is 0.373 e. The van der Waals surface area contributed by atoms with E-state index in [0.717, 1.165) is 48.0 Å². The molecular formula is C34H29N7O6. The number of aromatic nitrogens is 5. The van der Waals surface area contributed by atoms with E-state index in [0.29, 0.717) is 47.3 Å². The molecule has 2 aliphatic heterocycles. The van der Waals surface area contributed by atoms with Crippen LogP contribution in [0.15, 0.2) is 83.4 Å². The lowest BCUT2D eigenvalue weighted by Crippen LogP contribution is -2.23. The van der Waals surface area contributed by atoms with Crippen LogP contribution in [-0.4, -0.2) is 61.1 Å². The van der Waals surface area contributed by atoms with E-state index in [1.807, 2.05) is 63.7 Å². The summed E-state index contributed by atoms with van der Waals surface area (Å²) in [7, 11) is 0. The van der Waals surface area contributed by atoms with Crippen LogP contribution in [0.3, 0.4) is 0 Å². The van der Waals surface area contributed by atoms with Gasteiger partial charge < -0.3 is 24.3 Å². The smallest absolute Gasteiger partial charge is 0.360 e. The first-order chi connectivity index (χ1) is 23.0. The Kier molecular flexibility index (Phi) is 9.07. The van der Waals surface area contributed by atoms with Crippen molar-refractivity contribution >= 4 is 45.8 Å². The number of nitrogens with zero attached hydrogens (tertiary/aromatic N) is 5. The minimum atomic E-state index is -0.179. The second kappa shape index (κ2) is 13.8. The van der Waals surface area contributed by atoms with Crippen LogP contribution in [-0.2, 0) is 29.1 Å². The number of imidazole rings is 2. The van der Waals surface area contributed by atoms with Crippen LogP contribution in [0.5, 0.6) is 0 Å². The minimum Gasteiger partial charge on any atom is -0.360 e. The molecule has 13 nitrogen and oxygen atoms in total. The topological polar surface area (TPSA) is 171 Å². The molecule has 0 unspecified atom stereocenters. The number of hydrogen-bond donors (Lipinski definition) is 2. The van der Waals surface area contributed by atoms with Gasteiger partial charge in [0.1, 0.15) is 11.5 Å². The molecule has 0 saturated carbocycles. The van der Waals surface area contributed by atoms with Crippen molar-refractivity contribution in [2.24, 2.45) is 0 Å². The number of carbonyl (C=O) groups excluding carboxylic acids is 5. The predicted molar refractivity (Wildman–Crippen MR) is 168 cm³/mol. The van der Waals surface area contributed by atoms with E-state index in [2.05, 4.69) is 25.8 Å². The molecule has 2 N–H and O–H groups in total. The third kappa shape index (κ3) is 6.60. The molecule has 3 aromatic carbocycles. The van der Waals surface area contributed by atoms with Gasteiger partial charge in [0, 0.05) is 43.4 Å². The van der Waals surface area contributed by atoms with E-state index in [-0.39, 0.29) is 30.2 Å². The summed E-state index contributed by atoms with van der Waals surface area (Å²) in [5.41, 5.74) is 5.65. The fourth-order valence-electron chi connectivity index (χ4n) is 5.61. The minimum absolute atomic E-state index is 0.0660. The second-order valence-corrected chi connectivity index (χ2v) is 10.8. The van der Waals surface area contributed by atoms with Crippen molar-refractivity contribution in [3.05, 3.63) is 102 Å². The summed E-state index contributed by atoms with van der Waals surface area (Å²) in [6.07, 6.45) is 2.15. The number of Topliss-reactive ketones (excluding diaryl/α,β-unsaturated/α-hetero) is 1. The van der Waals surface area contributed by atoms with Gasteiger partial charge in [-0.3, -0.25) is 14.4 Å². The van der Waals surface area contributed by atoms with Gasteiger partial charge in [0.05, 0.1) is 28.5 Å². The molecule has 2 amide bonds. The molecule has 0 spiro atoms. The number of ketones is 1. The van der Waals surface area contributed by atoms with E-state index in [1.54, 1.807) is 24.3 Å². The lowest BCUT2D eigenvalue weighted by Gasteiger charge is -2.04. The summed E-state index contributed by atoms with van der Waals surface area (Å²) < 4.78 is 9.25. The Balaban J connectivity index is 0.000000179. The summed E-state index contributed by atoms with van der Waals surface area (Å²) >= 11 is 0. The molecule has 236 valence electrons. The first kappa shape index (κ1) is 30.8. The molecule has 3 aromatic heterocycles. The lowest BCUT2D eigenvalue weighted by molar-refractivity contribution is -0.191. The van der Waals surface area contributed by atoms with E-state index >= 15 is 0 Å². The van der Waals surface area contributed by atoms with Gasteiger partial charge >= 0.3 is 6.15 Å². The van der Waals surface area contributed by atoms with Gasteiger partial charge in [0.15, 0.2) is 17.4 Å². The Bertz CT molecular complexity index is 2120. The van der Waals surface area contributed by atoms with E-state index in [4.69, 9.17) is 14.1 Å². The highest BCUT2D eigenvalue weighted by Crippen LogP contribution is 2.23. The van der Waals surface area contributed by atoms with Crippen molar-refractivity contribution in [1.29, 1.82) is 0 Å². The van der Waals surface area contributed by atoms with Crippen LogP contribution in [0.2, 0.25) is 0 Å². The van der Waals surface area contributed by atoms with Gasteiger partial charge in [0.2, 0.25) is 0 Å². The Morgan fingerprint density at radius 3 is 2.04 bits per heavy atom. The number of fused-ring (bicyclic) bond motifs is 6. The van der Waals surface area contributed by atoms with Crippen LogP contribution in [0.4, 0.5) is 0 Å². The molecule has 0 bridgehead atoms. The fraction of sp³-hybridized carbons (Fsp3) is 0.206. The summed E-state index contributed by atoms with van der Waals surface area (Å²) in [5, 5.41) is 9.74. The molecule has 6 aromatic rings. The van der Waals surface area contributed by atoms with Crippen LogP contribution < -0.4 is 10.6 Å². The number of nitrogens with one attached hydrogen (secondary N) is 2. The highest BCUT2D eigenvalue weighted by molar-refractivity contribution is 6.01. The average Bonchev–Trinajstić information content (AvgIpc) is 3.74. The van der Waals surface area contributed by atoms with Crippen LogP contribution in [0.1, 0.15) is 50.2 Å². The SMILES string of the molecule is O=C(Cc1cc(-c2ccccc2)no1)c1ccc2nc3n(c2c1)CCCNC3=O.O=C1NCCCn2c1nc1ccccc12.O=C=O. The van der Waals surface area contributed by atoms with Crippen molar-refractivity contribution in [2.75, 3.05) is 13.1 Å². The standard InChI is InChI=1S/C22H18N4O3.C11H11N3O.CO2/c27-20(13-16-12-18(25-29-16)14-5-2-1-3-6-14)15-7-8-17-19(11-15)26-10-4-9-23-22(28)21(26)24-17;15-11-10-13-8-4-1-2-5-9(8)14(10)7-3-6-12-11;2-1-3/h1-3,5-8,11-12H,4,9-10,13H2,(H,23,28);1-2,4-5H,3,6-7H2,(H,12,15);. The molecule has 0 saturated heterocycles. The third-order valence-electron chi connectivity index (χ3n) is 7.78. The zero-order valence-corrected chi connectivity index (χ0v) is 25.1. The van der Waals surface area contributed by atoms with Crippen LogP contribution >= 0.6 is 0 Å². The molecule has 13 heteroatoms. The third-order valence-corrected chi connectivity index (χ3v) is 7.78. The Labute approximate surface area is 267 Å². The molecule has 0 aliphatic carbocycles. The van der Waals surface area contributed by atoms with Crippen molar-refractivity contribution in [2.45, 2.75) is 32.4 Å². The van der Waals surface area contributed by atoms with Gasteiger partial charge in [-0.15, -0.1) is 0 Å². The maximum absolute atomic E-state index is 12.8. The number of rotatable bonds is 4. The Hall–Kier alpha value is -6.20. The lowest BCUT2D eigenvalue weighted by atomic mass is 10.1. The zero-order chi connectivity index (χ0) is 32.8. The summed E-state index contributed by atoms with van der Waals surface area (Å²) in [5.74, 6) is 1.13. The van der Waals surface area contributed by atoms with Crippen molar-refractivity contribution in [1.82, 2.24) is 34.9 Å². The van der Waals surface area contributed by atoms with Gasteiger partial charge in [-0.05, 0) is 43.2 Å². The van der Waals surface area contributed by atoms with Gasteiger partial charge in [-0.25, -0.2) is 9.97 Å². The Morgan fingerprint density at radius 2 is 1.36 bits per heavy atom. The zero-order valence-electron chi connectivity index (χ0n) is 25.1. The van der Waals surface area contributed by atoms with Gasteiger partial charge in [0.25, 0.3) is 11.8 Å². The van der Waals surface area contributed by atoms with Crippen LogP contribution in [0, 0.1) is 0 Å². The number of para-hydroxylation sites is 2. The second-order valence-electron chi connectivity index (χ2n) is 10.8. The number of benzene rings is 3. The van der Waals surface area contributed by atoms with Crippen molar-refractivity contribution in [3.8, 4) is 11.3 Å². The summed E-state index contributed by atoms with van der Waals surface area (Å²) in [6.45, 7) is 2.90. The number of hydrogen-bond acceptors (Lipinski definition) is 9. The molecule has 8 rings (SSSR count). The first-order valence-electron chi connectivity index (χ1n) is 15.0. The summed E-state index contributed by atoms with van der Waals surface area (Å²) in [6, 6.07) is 24.7. The quantitative estimate of drug-likeness (QED) is 0.274. The van der Waals surface area contributed by atoms with Crippen molar-refractivity contribution in [3.63, 3.8) is 0 Å². The van der Waals surface area contributed by atoms with Crippen molar-refractivity contribution < 1.29 is 28.5 Å². The molecule has 47 heavy (non-hydrogen) atoms. The van der Waals surface area contributed by atoms with Crippen LogP contribution in [0.25, 0.3) is 33.3 Å². The number of carbonyl (C=O) groups is 3. The first-order valence-corrected chi connectivity index (χ1v) is 15.0.